The summed E-state index contributed by atoms with van der Waals surface area (Å²) in [6, 6.07) is 0. The molecule has 29 heavy (non-hydrogen) atoms. The number of aliphatic hydroxyl groups excluding tert-OH is 1. The summed E-state index contributed by atoms with van der Waals surface area (Å²) >= 11 is 1.12. The third kappa shape index (κ3) is 2.86. The Kier molecular flexibility index (Phi) is 5.17. The first kappa shape index (κ1) is 21.3. The zero-order valence-electron chi connectivity index (χ0n) is 17.7. The van der Waals surface area contributed by atoms with Crippen LogP contribution in [0, 0.1) is 34.5 Å². The predicted octanol–water partition coefficient (Wildman–Crippen LogP) is 3.11. The van der Waals surface area contributed by atoms with Gasteiger partial charge in [-0.25, -0.2) is 0 Å². The minimum Gasteiger partial charge on any atom is -0.393 e. The summed E-state index contributed by atoms with van der Waals surface area (Å²) in [6.07, 6.45) is 8.95. The van der Waals surface area contributed by atoms with Crippen LogP contribution in [-0.4, -0.2) is 46.3 Å². The van der Waals surface area contributed by atoms with Gasteiger partial charge in [0.05, 0.1) is 6.10 Å². The van der Waals surface area contributed by atoms with Crippen LogP contribution in [0.25, 0.3) is 0 Å². The second kappa shape index (κ2) is 7.04. The second-order valence-electron chi connectivity index (χ2n) is 9.99. The number of fused-ring (bicyclic) bond motifs is 5. The first-order chi connectivity index (χ1) is 13.6. The Balaban J connectivity index is 1.71. The standard InChI is InChI=1S/C23H32O5S/c1-13-9-15-16-6-8-23(27,19(26)12-28-29-4)22(16,3)11-18(25)20(15)21(2)7-5-14(24)10-17(13)21/h5,7,10,13,15-16,18,20,25,27H,6,8-9,11-12H2,1-4H3. The highest BCUT2D eigenvalue weighted by Crippen LogP contribution is 2.67. The average molecular weight is 421 g/mol. The van der Waals surface area contributed by atoms with Gasteiger partial charge in [-0.15, -0.1) is 0 Å². The van der Waals surface area contributed by atoms with Crippen molar-refractivity contribution in [1.82, 2.24) is 0 Å². The van der Waals surface area contributed by atoms with Crippen LogP contribution in [0.1, 0.15) is 46.5 Å². The lowest BCUT2D eigenvalue weighted by Gasteiger charge is -2.60. The summed E-state index contributed by atoms with van der Waals surface area (Å²) in [4.78, 5) is 24.9. The van der Waals surface area contributed by atoms with Gasteiger partial charge >= 0.3 is 0 Å². The summed E-state index contributed by atoms with van der Waals surface area (Å²) < 4.78 is 5.24. The van der Waals surface area contributed by atoms with E-state index in [1.807, 2.05) is 13.0 Å². The van der Waals surface area contributed by atoms with E-state index in [0.29, 0.717) is 12.8 Å². The quantitative estimate of drug-likeness (QED) is 0.680. The third-order valence-electron chi connectivity index (χ3n) is 8.74. The van der Waals surface area contributed by atoms with E-state index >= 15 is 0 Å². The SMILES string of the molecule is CSOCC(=O)C1(O)CCC2C3CC(C)C4=CC(=O)C=CC4(C)C3C(O)CC21C. The Bertz CT molecular complexity index is 790. The minimum absolute atomic E-state index is 0.00715. The van der Waals surface area contributed by atoms with E-state index in [1.54, 1.807) is 18.4 Å². The molecule has 4 aliphatic carbocycles. The van der Waals surface area contributed by atoms with E-state index in [2.05, 4.69) is 13.8 Å². The first-order valence-electron chi connectivity index (χ1n) is 10.6. The molecule has 0 spiro atoms. The Labute approximate surface area is 177 Å². The smallest absolute Gasteiger partial charge is 0.191 e. The van der Waals surface area contributed by atoms with E-state index in [-0.39, 0.29) is 47.3 Å². The number of hydrogen-bond acceptors (Lipinski definition) is 6. The van der Waals surface area contributed by atoms with Crippen molar-refractivity contribution in [3.05, 3.63) is 23.8 Å². The number of rotatable bonds is 4. The van der Waals surface area contributed by atoms with Crippen LogP contribution < -0.4 is 0 Å². The normalized spacial score (nSPS) is 48.6. The predicted molar refractivity (Wildman–Crippen MR) is 112 cm³/mol. The fourth-order valence-electron chi connectivity index (χ4n) is 7.44. The van der Waals surface area contributed by atoms with E-state index in [0.717, 1.165) is 30.5 Å². The first-order valence-corrected chi connectivity index (χ1v) is 11.8. The third-order valence-corrected chi connectivity index (χ3v) is 9.09. The number of Topliss-reactive ketones (excluding diaryl/α,β-unsaturated/α-hetero) is 1. The van der Waals surface area contributed by atoms with Gasteiger partial charge in [0.1, 0.15) is 12.2 Å². The fourth-order valence-corrected chi connectivity index (χ4v) is 7.67. The number of allylic oxidation sites excluding steroid dienone is 4. The minimum atomic E-state index is -1.46. The Hall–Kier alpha value is -0.950. The second-order valence-corrected chi connectivity index (χ2v) is 10.6. The lowest BCUT2D eigenvalue weighted by Crippen LogP contribution is -2.62. The molecule has 8 unspecified atom stereocenters. The summed E-state index contributed by atoms with van der Waals surface area (Å²) in [6.45, 7) is 6.17. The average Bonchev–Trinajstić information content (AvgIpc) is 2.93. The molecule has 4 rings (SSSR count). The van der Waals surface area contributed by atoms with Gasteiger partial charge in [-0.2, -0.15) is 0 Å². The highest BCUT2D eigenvalue weighted by Gasteiger charge is 2.68. The molecule has 2 N–H and O–H groups in total. The Morgan fingerprint density at radius 3 is 2.79 bits per heavy atom. The van der Waals surface area contributed by atoms with Gasteiger partial charge in [0, 0.05) is 23.0 Å². The van der Waals surface area contributed by atoms with Crippen molar-refractivity contribution < 1.29 is 24.0 Å². The van der Waals surface area contributed by atoms with Gasteiger partial charge in [0.2, 0.25) is 0 Å². The molecule has 0 radical (unpaired) electrons. The molecule has 0 aromatic rings. The molecule has 3 saturated carbocycles. The van der Waals surface area contributed by atoms with Crippen molar-refractivity contribution in [3.8, 4) is 0 Å². The largest absolute Gasteiger partial charge is 0.393 e. The van der Waals surface area contributed by atoms with Crippen molar-refractivity contribution in [2.24, 2.45) is 34.5 Å². The molecule has 0 saturated heterocycles. The summed E-state index contributed by atoms with van der Waals surface area (Å²) in [5.74, 6) is 0.322. The van der Waals surface area contributed by atoms with Crippen molar-refractivity contribution in [3.63, 3.8) is 0 Å². The number of hydrogen-bond donors (Lipinski definition) is 2. The van der Waals surface area contributed by atoms with E-state index in [1.165, 1.54) is 0 Å². The number of aliphatic hydroxyl groups is 2. The molecule has 0 aromatic carbocycles. The zero-order valence-corrected chi connectivity index (χ0v) is 18.5. The van der Waals surface area contributed by atoms with Gasteiger partial charge in [-0.3, -0.25) is 9.59 Å². The van der Waals surface area contributed by atoms with E-state index < -0.39 is 17.1 Å². The van der Waals surface area contributed by atoms with Gasteiger partial charge < -0.3 is 14.4 Å². The highest BCUT2D eigenvalue weighted by atomic mass is 32.2. The number of carbonyl (C=O) groups excluding carboxylic acids is 2. The molecule has 8 atom stereocenters. The molecule has 5 nitrogen and oxygen atoms in total. The monoisotopic (exact) mass is 420 g/mol. The van der Waals surface area contributed by atoms with Crippen LogP contribution >= 0.6 is 12.0 Å². The van der Waals surface area contributed by atoms with Crippen molar-refractivity contribution >= 4 is 23.6 Å². The van der Waals surface area contributed by atoms with Crippen LogP contribution in [0.15, 0.2) is 23.8 Å². The molecule has 0 amide bonds. The Morgan fingerprint density at radius 1 is 1.38 bits per heavy atom. The van der Waals surface area contributed by atoms with Crippen LogP contribution in [0.5, 0.6) is 0 Å². The molecule has 0 aromatic heterocycles. The summed E-state index contributed by atoms with van der Waals surface area (Å²) in [5.41, 5.74) is -1.37. The number of ketones is 2. The van der Waals surface area contributed by atoms with Crippen molar-refractivity contribution in [2.45, 2.75) is 58.2 Å². The van der Waals surface area contributed by atoms with Crippen LogP contribution in [0.4, 0.5) is 0 Å². The van der Waals surface area contributed by atoms with Crippen LogP contribution in [0.2, 0.25) is 0 Å². The summed E-state index contributed by atoms with van der Waals surface area (Å²) in [7, 11) is 0. The lowest BCUT2D eigenvalue weighted by atomic mass is 9.45. The number of carbonyl (C=O) groups is 2. The molecule has 3 fully saturated rings. The Morgan fingerprint density at radius 2 is 2.10 bits per heavy atom. The van der Waals surface area contributed by atoms with Gasteiger partial charge in [0.15, 0.2) is 11.6 Å². The zero-order chi connectivity index (χ0) is 21.2. The lowest BCUT2D eigenvalue weighted by molar-refractivity contribution is -0.179. The summed E-state index contributed by atoms with van der Waals surface area (Å²) in [5, 5.41) is 22.9. The van der Waals surface area contributed by atoms with Gasteiger partial charge in [-0.1, -0.05) is 32.4 Å². The van der Waals surface area contributed by atoms with Gasteiger partial charge in [0.25, 0.3) is 0 Å². The van der Waals surface area contributed by atoms with Crippen LogP contribution in [0.3, 0.4) is 0 Å². The molecule has 0 heterocycles. The van der Waals surface area contributed by atoms with E-state index in [4.69, 9.17) is 4.18 Å². The van der Waals surface area contributed by atoms with Crippen LogP contribution in [-0.2, 0) is 13.8 Å². The maximum Gasteiger partial charge on any atom is 0.191 e. The topological polar surface area (TPSA) is 83.8 Å². The van der Waals surface area contributed by atoms with Crippen molar-refractivity contribution in [2.75, 3.05) is 12.9 Å². The molecular weight excluding hydrogens is 388 g/mol. The fraction of sp³-hybridized carbons (Fsp3) is 0.739. The molecular formula is C23H32O5S. The highest BCUT2D eigenvalue weighted by molar-refractivity contribution is 7.93. The van der Waals surface area contributed by atoms with Crippen molar-refractivity contribution in [1.29, 1.82) is 0 Å². The molecule has 4 aliphatic rings. The molecule has 0 bridgehead atoms. The molecule has 6 heteroatoms. The van der Waals surface area contributed by atoms with Gasteiger partial charge in [-0.05, 0) is 67.6 Å². The maximum atomic E-state index is 12.9. The van der Waals surface area contributed by atoms with E-state index in [9.17, 15) is 19.8 Å². The molecule has 0 aliphatic heterocycles. The molecule has 160 valence electrons. The maximum absolute atomic E-state index is 12.9.